The molecule has 0 atom stereocenters. The highest BCUT2D eigenvalue weighted by Gasteiger charge is 2.24. The first-order chi connectivity index (χ1) is 10.6. The van der Waals surface area contributed by atoms with E-state index in [0.29, 0.717) is 20.8 Å². The molecule has 7 nitrogen and oxygen atoms in total. The molecule has 0 unspecified atom stereocenters. The highest BCUT2D eigenvalue weighted by molar-refractivity contribution is 8.18. The maximum atomic E-state index is 11.9. The highest BCUT2D eigenvalue weighted by Crippen LogP contribution is 2.29. The molecule has 1 amide bonds. The zero-order chi connectivity index (χ0) is 15.5. The van der Waals surface area contributed by atoms with Gasteiger partial charge in [0, 0.05) is 23.7 Å². The molecule has 1 aromatic carbocycles. The summed E-state index contributed by atoms with van der Waals surface area (Å²) in [5.74, 6) is -0.285. The number of rotatable bonds is 3. The second-order valence-electron chi connectivity index (χ2n) is 4.15. The minimum atomic E-state index is -0.473. The van der Waals surface area contributed by atoms with Crippen molar-refractivity contribution >= 4 is 51.1 Å². The molecule has 3 rings (SSSR count). The van der Waals surface area contributed by atoms with Crippen molar-refractivity contribution in [3.63, 3.8) is 0 Å². The van der Waals surface area contributed by atoms with Crippen LogP contribution in [0.2, 0.25) is 0 Å². The van der Waals surface area contributed by atoms with E-state index in [1.165, 1.54) is 35.2 Å². The number of nitro groups is 1. The lowest BCUT2D eigenvalue weighted by atomic mass is 10.2. The van der Waals surface area contributed by atoms with Crippen molar-refractivity contribution in [3.8, 4) is 0 Å². The van der Waals surface area contributed by atoms with Crippen LogP contribution in [-0.2, 0) is 4.79 Å². The van der Waals surface area contributed by atoms with Crippen LogP contribution < -0.4 is 5.32 Å². The Bertz CT molecular complexity index is 799. The van der Waals surface area contributed by atoms with Crippen LogP contribution in [0, 0.1) is 10.1 Å². The summed E-state index contributed by atoms with van der Waals surface area (Å²) in [5, 5.41) is 16.2. The van der Waals surface area contributed by atoms with E-state index in [1.807, 2.05) is 0 Å². The van der Waals surface area contributed by atoms with Crippen molar-refractivity contribution in [2.75, 3.05) is 0 Å². The van der Waals surface area contributed by atoms with Gasteiger partial charge in [-0.3, -0.25) is 14.9 Å². The number of nitrogens with zero attached hydrogens (tertiary/aromatic N) is 3. The predicted octanol–water partition coefficient (Wildman–Crippen LogP) is 2.94. The number of aromatic nitrogens is 1. The van der Waals surface area contributed by atoms with Crippen LogP contribution >= 0.6 is 23.1 Å². The van der Waals surface area contributed by atoms with E-state index >= 15 is 0 Å². The molecule has 1 aliphatic rings. The summed E-state index contributed by atoms with van der Waals surface area (Å²) >= 11 is 2.54. The molecule has 1 aromatic heterocycles. The Morgan fingerprint density at radius 1 is 1.41 bits per heavy atom. The van der Waals surface area contributed by atoms with Crippen LogP contribution in [0.15, 0.2) is 45.7 Å². The third kappa shape index (κ3) is 3.21. The number of carbonyl (C=O) groups excluding carboxylic acids is 1. The molecule has 1 N–H and O–H groups in total. The smallest absolute Gasteiger partial charge is 0.270 e. The van der Waals surface area contributed by atoms with Crippen LogP contribution in [0.1, 0.15) is 5.56 Å². The molecule has 0 bridgehead atoms. The Balaban J connectivity index is 1.84. The molecule has 0 spiro atoms. The van der Waals surface area contributed by atoms with Crippen LogP contribution in [0.25, 0.3) is 6.08 Å². The Kier molecular flexibility index (Phi) is 3.98. The summed E-state index contributed by atoms with van der Waals surface area (Å²) in [7, 11) is 0. The second-order valence-corrected chi connectivity index (χ2v) is 6.05. The fourth-order valence-electron chi connectivity index (χ4n) is 1.72. The number of hydrogen-bond donors (Lipinski definition) is 1. The van der Waals surface area contributed by atoms with Crippen LogP contribution in [0.5, 0.6) is 0 Å². The maximum absolute atomic E-state index is 11.9. The molecule has 2 heterocycles. The number of thioether (sulfide) groups is 1. The molecule has 0 saturated carbocycles. The molecule has 0 aliphatic carbocycles. The number of amides is 1. The number of nitrogens with one attached hydrogen (secondary N) is 1. The lowest BCUT2D eigenvalue weighted by Crippen LogP contribution is -2.19. The standard InChI is InChI=1S/C13H8N4O3S2/c18-11-10(7-8-2-1-3-9(6-8)17(19)20)22-13(15-11)16-12-14-4-5-21-12/h1-7H,(H,14,15,16,18)/b10-7-. The first-order valence-corrected chi connectivity index (χ1v) is 7.75. The number of non-ortho nitro benzene ring substituents is 1. The largest absolute Gasteiger partial charge is 0.300 e. The number of nitro benzene ring substituents is 1. The van der Waals surface area contributed by atoms with E-state index < -0.39 is 4.92 Å². The molecule has 110 valence electrons. The van der Waals surface area contributed by atoms with Crippen molar-refractivity contribution in [2.45, 2.75) is 0 Å². The second kappa shape index (κ2) is 6.08. The van der Waals surface area contributed by atoms with Gasteiger partial charge < -0.3 is 5.32 Å². The van der Waals surface area contributed by atoms with Crippen molar-refractivity contribution in [3.05, 3.63) is 56.4 Å². The summed E-state index contributed by atoms with van der Waals surface area (Å²) in [6.07, 6.45) is 3.22. The Morgan fingerprint density at radius 3 is 3.00 bits per heavy atom. The lowest BCUT2D eigenvalue weighted by molar-refractivity contribution is -0.384. The monoisotopic (exact) mass is 332 g/mol. The highest BCUT2D eigenvalue weighted by atomic mass is 32.2. The van der Waals surface area contributed by atoms with Gasteiger partial charge in [0.1, 0.15) is 0 Å². The molecule has 1 fully saturated rings. The maximum Gasteiger partial charge on any atom is 0.270 e. The van der Waals surface area contributed by atoms with E-state index in [1.54, 1.807) is 29.8 Å². The van der Waals surface area contributed by atoms with E-state index in [9.17, 15) is 14.9 Å². The Morgan fingerprint density at radius 2 is 2.27 bits per heavy atom. The number of thiazole rings is 1. The van der Waals surface area contributed by atoms with Gasteiger partial charge >= 0.3 is 0 Å². The minimum Gasteiger partial charge on any atom is -0.300 e. The summed E-state index contributed by atoms with van der Waals surface area (Å²) in [6, 6.07) is 6.09. The summed E-state index contributed by atoms with van der Waals surface area (Å²) < 4.78 is 0. The number of carbonyl (C=O) groups is 1. The van der Waals surface area contributed by atoms with Gasteiger partial charge in [-0.15, -0.1) is 11.3 Å². The van der Waals surface area contributed by atoms with Crippen LogP contribution in [0.3, 0.4) is 0 Å². The van der Waals surface area contributed by atoms with E-state index in [2.05, 4.69) is 15.3 Å². The van der Waals surface area contributed by atoms with Gasteiger partial charge in [-0.25, -0.2) is 4.98 Å². The van der Waals surface area contributed by atoms with Gasteiger partial charge in [0.15, 0.2) is 5.17 Å². The first kappa shape index (κ1) is 14.4. The van der Waals surface area contributed by atoms with E-state index in [-0.39, 0.29) is 11.6 Å². The van der Waals surface area contributed by atoms with Crippen molar-refractivity contribution in [1.82, 2.24) is 10.3 Å². The van der Waals surface area contributed by atoms with Crippen molar-refractivity contribution in [2.24, 2.45) is 4.99 Å². The molecule has 0 radical (unpaired) electrons. The molecule has 1 saturated heterocycles. The summed E-state index contributed by atoms with van der Waals surface area (Å²) in [5.41, 5.74) is 0.566. The number of amidine groups is 1. The third-order valence-electron chi connectivity index (χ3n) is 2.65. The third-order valence-corrected chi connectivity index (χ3v) is 4.22. The average molecular weight is 332 g/mol. The van der Waals surface area contributed by atoms with Gasteiger partial charge in [-0.1, -0.05) is 12.1 Å². The number of benzene rings is 1. The predicted molar refractivity (Wildman–Crippen MR) is 86.0 cm³/mol. The fourth-order valence-corrected chi connectivity index (χ4v) is 3.11. The van der Waals surface area contributed by atoms with Gasteiger partial charge in [0.25, 0.3) is 11.6 Å². The molecular weight excluding hydrogens is 324 g/mol. The fraction of sp³-hybridized carbons (Fsp3) is 0. The Labute approximate surface area is 132 Å². The van der Waals surface area contributed by atoms with Gasteiger partial charge in [0.05, 0.1) is 9.83 Å². The minimum absolute atomic E-state index is 0.0190. The first-order valence-electron chi connectivity index (χ1n) is 6.05. The zero-order valence-corrected chi connectivity index (χ0v) is 12.6. The van der Waals surface area contributed by atoms with E-state index in [0.717, 1.165) is 0 Å². The average Bonchev–Trinajstić information content (AvgIpc) is 3.10. The van der Waals surface area contributed by atoms with Crippen molar-refractivity contribution in [1.29, 1.82) is 0 Å². The molecule has 1 aliphatic heterocycles. The number of aliphatic imine (C=N–C) groups is 1. The molecule has 9 heteroatoms. The van der Waals surface area contributed by atoms with Gasteiger partial charge in [0.2, 0.25) is 5.13 Å². The molecule has 22 heavy (non-hydrogen) atoms. The normalized spacial score (nSPS) is 17.9. The summed E-state index contributed by atoms with van der Waals surface area (Å²) in [6.45, 7) is 0. The Hall–Kier alpha value is -2.52. The zero-order valence-electron chi connectivity index (χ0n) is 10.9. The van der Waals surface area contributed by atoms with Crippen molar-refractivity contribution < 1.29 is 9.72 Å². The van der Waals surface area contributed by atoms with Gasteiger partial charge in [-0.05, 0) is 23.4 Å². The number of hydrogen-bond acceptors (Lipinski definition) is 7. The topological polar surface area (TPSA) is 97.5 Å². The molecule has 2 aromatic rings. The quantitative estimate of drug-likeness (QED) is 0.529. The van der Waals surface area contributed by atoms with E-state index in [4.69, 9.17) is 0 Å². The lowest BCUT2D eigenvalue weighted by Gasteiger charge is -1.95. The van der Waals surface area contributed by atoms with Crippen LogP contribution in [0.4, 0.5) is 10.8 Å². The summed E-state index contributed by atoms with van der Waals surface area (Å²) in [4.78, 5) is 30.8. The van der Waals surface area contributed by atoms with Crippen LogP contribution in [-0.4, -0.2) is 21.0 Å². The van der Waals surface area contributed by atoms with Gasteiger partial charge in [-0.2, -0.15) is 4.99 Å². The SMILES string of the molecule is O=C1N/C(=N\c2nccs2)S/C1=C\c1cccc([N+](=O)[O-])c1. The molecular formula is C13H8N4O3S2.